The van der Waals surface area contributed by atoms with Gasteiger partial charge in [-0.15, -0.1) is 0 Å². The van der Waals surface area contributed by atoms with E-state index in [9.17, 15) is 4.79 Å². The topological polar surface area (TPSA) is 48.5 Å². The Labute approximate surface area is 114 Å². The van der Waals surface area contributed by atoms with Gasteiger partial charge in [0.15, 0.2) is 0 Å². The van der Waals surface area contributed by atoms with Crippen LogP contribution in [0, 0.1) is 0 Å². The highest BCUT2D eigenvalue weighted by Gasteiger charge is 2.19. The van der Waals surface area contributed by atoms with E-state index >= 15 is 0 Å². The zero-order valence-corrected chi connectivity index (χ0v) is 11.7. The molecule has 5 heteroatoms. The number of carbonyl (C=O) groups excluding carboxylic acids is 1. The Morgan fingerprint density at radius 1 is 1.32 bits per heavy atom. The second-order valence-electron chi connectivity index (χ2n) is 5.07. The third-order valence-corrected chi connectivity index (χ3v) is 3.62. The van der Waals surface area contributed by atoms with Crippen LogP contribution in [0.3, 0.4) is 0 Å². The molecule has 1 N–H and O–H groups in total. The molecule has 1 aromatic heterocycles. The molecule has 1 aliphatic heterocycles. The molecule has 2 heterocycles. The zero-order valence-electron chi connectivity index (χ0n) is 11.7. The van der Waals surface area contributed by atoms with Gasteiger partial charge in [0.1, 0.15) is 0 Å². The van der Waals surface area contributed by atoms with Gasteiger partial charge in [-0.1, -0.05) is 0 Å². The van der Waals surface area contributed by atoms with Gasteiger partial charge in [-0.05, 0) is 31.7 Å². The van der Waals surface area contributed by atoms with Crippen molar-refractivity contribution in [2.75, 3.05) is 39.8 Å². The number of hydrogen-bond acceptors (Lipinski definition) is 4. The highest BCUT2D eigenvalue weighted by Crippen LogP contribution is 2.09. The third kappa shape index (κ3) is 4.01. The molecule has 104 valence electrons. The lowest BCUT2D eigenvalue weighted by molar-refractivity contribution is -0.131. The molecule has 0 saturated carbocycles. The number of nitrogens with one attached hydrogen (secondary N) is 1. The first-order chi connectivity index (χ1) is 9.16. The van der Waals surface area contributed by atoms with Crippen molar-refractivity contribution in [3.63, 3.8) is 0 Å². The summed E-state index contributed by atoms with van der Waals surface area (Å²) in [6.07, 6.45) is 3.55. The van der Waals surface area contributed by atoms with E-state index in [1.807, 2.05) is 17.0 Å². The van der Waals surface area contributed by atoms with Crippen molar-refractivity contribution in [1.29, 1.82) is 0 Å². The van der Waals surface area contributed by atoms with Gasteiger partial charge in [0, 0.05) is 44.6 Å². The minimum atomic E-state index is 0.166. The van der Waals surface area contributed by atoms with E-state index in [1.54, 1.807) is 12.4 Å². The van der Waals surface area contributed by atoms with E-state index in [0.717, 1.165) is 31.7 Å². The predicted molar refractivity (Wildman–Crippen MR) is 74.7 cm³/mol. The Bertz CT molecular complexity index is 401. The predicted octanol–water partition coefficient (Wildman–Crippen LogP) is 0.506. The average Bonchev–Trinajstić information content (AvgIpc) is 2.46. The van der Waals surface area contributed by atoms with E-state index in [1.165, 1.54) is 0 Å². The molecular formula is C14H22N4O. The molecule has 5 nitrogen and oxygen atoms in total. The molecule has 0 aliphatic carbocycles. The number of amides is 1. The molecule has 2 rings (SSSR count). The van der Waals surface area contributed by atoms with Gasteiger partial charge in [0.25, 0.3) is 0 Å². The Hall–Kier alpha value is -1.46. The fraction of sp³-hybridized carbons (Fsp3) is 0.571. The summed E-state index contributed by atoms with van der Waals surface area (Å²) in [5.74, 6) is 0.189. The molecule has 1 aliphatic rings. The summed E-state index contributed by atoms with van der Waals surface area (Å²) < 4.78 is 0. The van der Waals surface area contributed by atoms with Crippen molar-refractivity contribution in [3.8, 4) is 0 Å². The summed E-state index contributed by atoms with van der Waals surface area (Å²) in [7, 11) is 2.09. The molecule has 0 bridgehead atoms. The number of nitrogens with zero attached hydrogens (tertiary/aromatic N) is 3. The SMILES string of the molecule is CC(NCC(=O)N1CCN(C)CC1)c1ccncc1. The van der Waals surface area contributed by atoms with E-state index in [4.69, 9.17) is 0 Å². The lowest BCUT2D eigenvalue weighted by Crippen LogP contribution is -2.49. The molecule has 1 atom stereocenters. The summed E-state index contributed by atoms with van der Waals surface area (Å²) in [5, 5.41) is 3.27. The van der Waals surface area contributed by atoms with E-state index < -0.39 is 0 Å². The molecule has 1 aromatic rings. The van der Waals surface area contributed by atoms with Crippen molar-refractivity contribution >= 4 is 5.91 Å². The van der Waals surface area contributed by atoms with Crippen LogP contribution in [0.15, 0.2) is 24.5 Å². The van der Waals surface area contributed by atoms with Gasteiger partial charge in [-0.25, -0.2) is 0 Å². The van der Waals surface area contributed by atoms with Gasteiger partial charge in [-0.3, -0.25) is 9.78 Å². The van der Waals surface area contributed by atoms with Gasteiger partial charge < -0.3 is 15.1 Å². The molecule has 1 unspecified atom stereocenters. The van der Waals surface area contributed by atoms with Crippen LogP contribution in [0.2, 0.25) is 0 Å². The summed E-state index contributed by atoms with van der Waals surface area (Å²) in [5.41, 5.74) is 1.15. The number of aromatic nitrogens is 1. The third-order valence-electron chi connectivity index (χ3n) is 3.62. The molecule has 0 radical (unpaired) electrons. The van der Waals surface area contributed by atoms with Crippen LogP contribution in [0.5, 0.6) is 0 Å². The number of piperazine rings is 1. The molecule has 1 saturated heterocycles. The molecule has 0 aromatic carbocycles. The number of carbonyl (C=O) groups is 1. The largest absolute Gasteiger partial charge is 0.339 e. The Morgan fingerprint density at radius 2 is 1.95 bits per heavy atom. The lowest BCUT2D eigenvalue weighted by Gasteiger charge is -2.32. The number of likely N-dealkylation sites (N-methyl/N-ethyl adjacent to an activating group) is 1. The number of rotatable bonds is 4. The first-order valence-electron chi connectivity index (χ1n) is 6.76. The van der Waals surface area contributed by atoms with Crippen molar-refractivity contribution in [3.05, 3.63) is 30.1 Å². The van der Waals surface area contributed by atoms with Crippen LogP contribution in [-0.2, 0) is 4.79 Å². The monoisotopic (exact) mass is 262 g/mol. The van der Waals surface area contributed by atoms with Crippen molar-refractivity contribution < 1.29 is 4.79 Å². The highest BCUT2D eigenvalue weighted by molar-refractivity contribution is 5.78. The van der Waals surface area contributed by atoms with Gasteiger partial charge in [-0.2, -0.15) is 0 Å². The summed E-state index contributed by atoms with van der Waals surface area (Å²) in [6.45, 7) is 6.05. The molecule has 0 spiro atoms. The number of hydrogen-bond donors (Lipinski definition) is 1. The summed E-state index contributed by atoms with van der Waals surface area (Å²) in [4.78, 5) is 20.3. The summed E-state index contributed by atoms with van der Waals surface area (Å²) >= 11 is 0. The smallest absolute Gasteiger partial charge is 0.236 e. The summed E-state index contributed by atoms with van der Waals surface area (Å²) in [6, 6.07) is 4.11. The average molecular weight is 262 g/mol. The van der Waals surface area contributed by atoms with Crippen LogP contribution in [0.4, 0.5) is 0 Å². The highest BCUT2D eigenvalue weighted by atomic mass is 16.2. The van der Waals surface area contributed by atoms with Crippen LogP contribution in [0.25, 0.3) is 0 Å². The van der Waals surface area contributed by atoms with Crippen molar-refractivity contribution in [2.45, 2.75) is 13.0 Å². The number of pyridine rings is 1. The second kappa shape index (κ2) is 6.63. The van der Waals surface area contributed by atoms with Crippen molar-refractivity contribution in [1.82, 2.24) is 20.1 Å². The van der Waals surface area contributed by atoms with Crippen LogP contribution in [-0.4, -0.2) is 60.5 Å². The van der Waals surface area contributed by atoms with E-state index in [0.29, 0.717) is 6.54 Å². The van der Waals surface area contributed by atoms with Crippen LogP contribution >= 0.6 is 0 Å². The fourth-order valence-electron chi connectivity index (χ4n) is 2.18. The molecule has 19 heavy (non-hydrogen) atoms. The Kier molecular flexibility index (Phi) is 4.87. The van der Waals surface area contributed by atoms with Crippen LogP contribution < -0.4 is 5.32 Å². The first kappa shape index (κ1) is 14.0. The Balaban J connectivity index is 1.77. The Morgan fingerprint density at radius 3 is 2.58 bits per heavy atom. The molecular weight excluding hydrogens is 240 g/mol. The standard InChI is InChI=1S/C14H22N4O/c1-12(13-3-5-15-6-4-13)16-11-14(19)18-9-7-17(2)8-10-18/h3-6,12,16H,7-11H2,1-2H3. The molecule has 1 fully saturated rings. The van der Waals surface area contributed by atoms with Gasteiger partial charge in [0.2, 0.25) is 5.91 Å². The minimum Gasteiger partial charge on any atom is -0.339 e. The van der Waals surface area contributed by atoms with Crippen molar-refractivity contribution in [2.24, 2.45) is 0 Å². The zero-order chi connectivity index (χ0) is 13.7. The van der Waals surface area contributed by atoms with E-state index in [2.05, 4.69) is 29.2 Å². The normalized spacial score (nSPS) is 18.3. The first-order valence-corrected chi connectivity index (χ1v) is 6.76. The maximum atomic E-state index is 12.1. The lowest BCUT2D eigenvalue weighted by atomic mass is 10.1. The van der Waals surface area contributed by atoms with E-state index in [-0.39, 0.29) is 11.9 Å². The minimum absolute atomic E-state index is 0.166. The van der Waals surface area contributed by atoms with Crippen LogP contribution in [0.1, 0.15) is 18.5 Å². The quantitative estimate of drug-likeness (QED) is 0.859. The second-order valence-corrected chi connectivity index (χ2v) is 5.07. The van der Waals surface area contributed by atoms with Gasteiger partial charge in [0.05, 0.1) is 6.54 Å². The molecule has 1 amide bonds. The maximum Gasteiger partial charge on any atom is 0.236 e. The fourth-order valence-corrected chi connectivity index (χ4v) is 2.18. The maximum absolute atomic E-state index is 12.1. The van der Waals surface area contributed by atoms with Gasteiger partial charge >= 0.3 is 0 Å².